The molecule has 3 N–H and O–H groups in total. The molecule has 30 heavy (non-hydrogen) atoms. The van der Waals surface area contributed by atoms with Gasteiger partial charge in [-0.1, -0.05) is 0 Å². The Morgan fingerprint density at radius 2 is 1.97 bits per heavy atom. The maximum Gasteiger partial charge on any atom is 0.255 e. The molecule has 6 rings (SSSR count). The topological polar surface area (TPSA) is 95.0 Å². The van der Waals surface area contributed by atoms with Gasteiger partial charge in [-0.25, -0.2) is 13.8 Å². The monoisotopic (exact) mass is 409 g/mol. The molecule has 3 saturated carbocycles. The molecule has 1 amide bonds. The molecule has 0 radical (unpaired) electrons. The SMILES string of the molecule is N#Cc1ncc(C(=O)NC23CC(C2)C3)c(N2CC[C@H](N)C2)c1-c1cc(F)cc(F)c1. The summed E-state index contributed by atoms with van der Waals surface area (Å²) in [4.78, 5) is 19.3. The first-order chi connectivity index (χ1) is 14.4. The van der Waals surface area contributed by atoms with Crippen LogP contribution < -0.4 is 16.0 Å². The number of anilines is 1. The standard InChI is InChI=1S/C22H21F2N5O/c23-14-3-13(4-15(24)5-14)19-18(9-25)27-10-17(20(19)29-2-1-16(26)11-29)21(30)28-22-6-12(7-22)8-22/h3-5,10,12,16H,1-2,6-8,11,26H2,(H,28,30)/t12?,16-,22?/m0/s1. The molecule has 0 unspecified atom stereocenters. The molecule has 1 saturated heterocycles. The summed E-state index contributed by atoms with van der Waals surface area (Å²) >= 11 is 0. The molecule has 154 valence electrons. The summed E-state index contributed by atoms with van der Waals surface area (Å²) in [5.41, 5.74) is 7.16. The first kappa shape index (κ1) is 18.9. The minimum atomic E-state index is -0.762. The molecule has 6 nitrogen and oxygen atoms in total. The van der Waals surface area contributed by atoms with Gasteiger partial charge in [0, 0.05) is 42.5 Å². The van der Waals surface area contributed by atoms with Crippen LogP contribution in [-0.2, 0) is 0 Å². The number of hydrogen-bond donors (Lipinski definition) is 2. The lowest BCUT2D eigenvalue weighted by Crippen LogP contribution is -2.68. The van der Waals surface area contributed by atoms with Gasteiger partial charge in [0.15, 0.2) is 0 Å². The van der Waals surface area contributed by atoms with Crippen LogP contribution in [0.4, 0.5) is 14.5 Å². The Kier molecular flexibility index (Phi) is 4.26. The second kappa shape index (κ2) is 6.74. The van der Waals surface area contributed by atoms with Crippen LogP contribution in [0.1, 0.15) is 41.7 Å². The Labute approximate surface area is 172 Å². The number of halogens is 2. The highest BCUT2D eigenvalue weighted by molar-refractivity contribution is 6.04. The third-order valence-electron chi connectivity index (χ3n) is 6.51. The van der Waals surface area contributed by atoms with E-state index in [2.05, 4.69) is 10.3 Å². The minimum Gasteiger partial charge on any atom is -0.369 e. The van der Waals surface area contributed by atoms with E-state index in [4.69, 9.17) is 5.73 Å². The van der Waals surface area contributed by atoms with Gasteiger partial charge in [-0.15, -0.1) is 0 Å². The molecule has 1 atom stereocenters. The van der Waals surface area contributed by atoms with Crippen molar-refractivity contribution in [3.8, 4) is 17.2 Å². The molecular weight excluding hydrogens is 388 g/mol. The third kappa shape index (κ3) is 3.01. The fraction of sp³-hybridized carbons (Fsp3) is 0.409. The van der Waals surface area contributed by atoms with Crippen LogP contribution >= 0.6 is 0 Å². The Balaban J connectivity index is 1.67. The summed E-state index contributed by atoms with van der Waals surface area (Å²) in [5.74, 6) is -1.10. The Morgan fingerprint density at radius 3 is 2.50 bits per heavy atom. The van der Waals surface area contributed by atoms with Gasteiger partial charge in [-0.05, 0) is 49.3 Å². The van der Waals surface area contributed by atoms with E-state index < -0.39 is 11.6 Å². The smallest absolute Gasteiger partial charge is 0.255 e. The van der Waals surface area contributed by atoms with E-state index in [0.29, 0.717) is 36.7 Å². The molecule has 1 aromatic heterocycles. The van der Waals surface area contributed by atoms with E-state index in [9.17, 15) is 18.8 Å². The van der Waals surface area contributed by atoms with Gasteiger partial charge >= 0.3 is 0 Å². The second-order valence-corrected chi connectivity index (χ2v) is 8.72. The number of carbonyl (C=O) groups excluding carboxylic acids is 1. The number of benzene rings is 1. The summed E-state index contributed by atoms with van der Waals surface area (Å²) in [7, 11) is 0. The van der Waals surface area contributed by atoms with Gasteiger partial charge in [0.05, 0.1) is 11.3 Å². The molecule has 4 fully saturated rings. The van der Waals surface area contributed by atoms with Gasteiger partial charge in [0.1, 0.15) is 23.4 Å². The Bertz CT molecular complexity index is 1060. The van der Waals surface area contributed by atoms with Crippen LogP contribution in [0.5, 0.6) is 0 Å². The first-order valence-electron chi connectivity index (χ1n) is 10.1. The number of hydrogen-bond acceptors (Lipinski definition) is 5. The molecule has 2 bridgehead atoms. The summed E-state index contributed by atoms with van der Waals surface area (Å²) in [6.45, 7) is 1.06. The first-order valence-corrected chi connectivity index (χ1v) is 10.1. The van der Waals surface area contributed by atoms with Crippen LogP contribution in [0.2, 0.25) is 0 Å². The van der Waals surface area contributed by atoms with Gasteiger partial charge in [0.25, 0.3) is 5.91 Å². The summed E-state index contributed by atoms with van der Waals surface area (Å²) in [6, 6.07) is 5.00. The summed E-state index contributed by atoms with van der Waals surface area (Å²) in [5, 5.41) is 12.8. The van der Waals surface area contributed by atoms with Gasteiger partial charge < -0.3 is 16.0 Å². The Hall–Kier alpha value is -3.05. The number of nitrogens with one attached hydrogen (secondary N) is 1. The maximum atomic E-state index is 14.0. The van der Waals surface area contributed by atoms with Gasteiger partial charge in [0.2, 0.25) is 0 Å². The van der Waals surface area contributed by atoms with Gasteiger partial charge in [-0.3, -0.25) is 4.79 Å². The van der Waals surface area contributed by atoms with E-state index in [1.165, 1.54) is 6.20 Å². The van der Waals surface area contributed by atoms with Crippen LogP contribution in [0, 0.1) is 28.9 Å². The fourth-order valence-electron chi connectivity index (χ4n) is 4.98. The second-order valence-electron chi connectivity index (χ2n) is 8.72. The van der Waals surface area contributed by atoms with Crippen molar-refractivity contribution >= 4 is 11.6 Å². The van der Waals surface area contributed by atoms with E-state index in [0.717, 1.165) is 37.5 Å². The molecule has 2 aromatic rings. The predicted octanol–water partition coefficient (Wildman–Crippen LogP) is 2.72. The van der Waals surface area contributed by atoms with Crippen molar-refractivity contribution in [3.05, 3.63) is 47.3 Å². The molecule has 3 aliphatic carbocycles. The van der Waals surface area contributed by atoms with Crippen LogP contribution in [0.25, 0.3) is 11.1 Å². The number of nitrogens with zero attached hydrogens (tertiary/aromatic N) is 3. The normalized spacial score (nSPS) is 26.5. The molecule has 8 heteroatoms. The molecule has 1 aliphatic heterocycles. The van der Waals surface area contributed by atoms with Crippen molar-refractivity contribution < 1.29 is 13.6 Å². The predicted molar refractivity (Wildman–Crippen MR) is 107 cm³/mol. The number of rotatable bonds is 4. The van der Waals surface area contributed by atoms with Crippen LogP contribution in [-0.4, -0.2) is 35.6 Å². The molecule has 0 spiro atoms. The number of nitriles is 1. The van der Waals surface area contributed by atoms with E-state index in [-0.39, 0.29) is 34.3 Å². The summed E-state index contributed by atoms with van der Waals surface area (Å²) < 4.78 is 28.0. The number of carbonyl (C=O) groups is 1. The minimum absolute atomic E-state index is 0.0116. The average Bonchev–Trinajstić information content (AvgIpc) is 3.07. The van der Waals surface area contributed by atoms with E-state index in [1.54, 1.807) is 0 Å². The quantitative estimate of drug-likeness (QED) is 0.810. The van der Waals surface area contributed by atoms with Crippen molar-refractivity contribution in [2.24, 2.45) is 11.7 Å². The lowest BCUT2D eigenvalue weighted by atomic mass is 9.50. The number of nitrogens with two attached hydrogens (primary N) is 1. The van der Waals surface area contributed by atoms with Gasteiger partial charge in [-0.2, -0.15) is 5.26 Å². The number of aromatic nitrogens is 1. The van der Waals surface area contributed by atoms with Crippen LogP contribution in [0.15, 0.2) is 24.4 Å². The molecule has 4 aliphatic rings. The van der Waals surface area contributed by atoms with Crippen molar-refractivity contribution in [2.45, 2.75) is 37.3 Å². The zero-order valence-electron chi connectivity index (χ0n) is 16.3. The lowest BCUT2D eigenvalue weighted by Gasteiger charge is -2.61. The molecular formula is C22H21F2N5O. The highest BCUT2D eigenvalue weighted by atomic mass is 19.1. The Morgan fingerprint density at radius 1 is 1.27 bits per heavy atom. The highest BCUT2D eigenvalue weighted by Gasteiger charge is 2.57. The van der Waals surface area contributed by atoms with E-state index in [1.807, 2.05) is 11.0 Å². The number of pyridine rings is 1. The average molecular weight is 409 g/mol. The van der Waals surface area contributed by atoms with Crippen molar-refractivity contribution in [3.63, 3.8) is 0 Å². The maximum absolute atomic E-state index is 14.0. The zero-order chi connectivity index (χ0) is 21.0. The van der Waals surface area contributed by atoms with E-state index >= 15 is 0 Å². The molecule has 1 aromatic carbocycles. The van der Waals surface area contributed by atoms with Crippen LogP contribution in [0.3, 0.4) is 0 Å². The largest absolute Gasteiger partial charge is 0.369 e. The highest BCUT2D eigenvalue weighted by Crippen LogP contribution is 2.57. The summed E-state index contributed by atoms with van der Waals surface area (Å²) in [6.07, 6.45) is 5.04. The number of amides is 1. The lowest BCUT2D eigenvalue weighted by molar-refractivity contribution is -0.0438. The van der Waals surface area contributed by atoms with Crippen molar-refractivity contribution in [1.82, 2.24) is 10.3 Å². The third-order valence-corrected chi connectivity index (χ3v) is 6.51. The zero-order valence-corrected chi connectivity index (χ0v) is 16.3. The van der Waals surface area contributed by atoms with Crippen molar-refractivity contribution in [2.75, 3.05) is 18.0 Å². The fourth-order valence-corrected chi connectivity index (χ4v) is 4.98. The van der Waals surface area contributed by atoms with Crippen molar-refractivity contribution in [1.29, 1.82) is 5.26 Å². The molecule has 2 heterocycles.